The van der Waals surface area contributed by atoms with Gasteiger partial charge in [0.2, 0.25) is 0 Å². The van der Waals surface area contributed by atoms with Gasteiger partial charge < -0.3 is 20.9 Å². The number of amidine groups is 3. The highest BCUT2D eigenvalue weighted by molar-refractivity contribution is 8.14. The second-order valence-corrected chi connectivity index (χ2v) is 7.97. The highest BCUT2D eigenvalue weighted by Gasteiger charge is 2.08. The van der Waals surface area contributed by atoms with Crippen molar-refractivity contribution < 1.29 is 0 Å². The number of nitrogens with zero attached hydrogens (tertiary/aromatic N) is 4. The third-order valence-corrected chi connectivity index (χ3v) is 6.33. The zero-order valence-corrected chi connectivity index (χ0v) is 18.7. The van der Waals surface area contributed by atoms with Gasteiger partial charge in [0, 0.05) is 79.2 Å². The van der Waals surface area contributed by atoms with Crippen LogP contribution in [0.2, 0.25) is 0 Å². The van der Waals surface area contributed by atoms with Gasteiger partial charge in [-0.25, -0.2) is 0 Å². The van der Waals surface area contributed by atoms with Gasteiger partial charge in [0.05, 0.1) is 0 Å². The first kappa shape index (κ1) is 24.4. The molecule has 0 rings (SSSR count). The first-order valence-electron chi connectivity index (χ1n) is 8.19. The van der Waals surface area contributed by atoms with E-state index in [0.717, 1.165) is 52.4 Å². The molecule has 0 aromatic heterocycles. The molecule has 10 heteroatoms. The molecule has 0 unspecified atom stereocenters. The average molecular weight is 408 g/mol. The van der Waals surface area contributed by atoms with E-state index in [4.69, 9.17) is 0 Å². The predicted molar refractivity (Wildman–Crippen MR) is 121 cm³/mol. The number of rotatable bonds is 9. The van der Waals surface area contributed by atoms with Gasteiger partial charge in [-0.2, -0.15) is 0 Å². The molecule has 0 aliphatic carbocycles. The van der Waals surface area contributed by atoms with Crippen molar-refractivity contribution in [3.8, 4) is 0 Å². The van der Waals surface area contributed by atoms with Crippen LogP contribution in [0.5, 0.6) is 0 Å². The molecular formula is C15H33N7S3. The first-order valence-corrected chi connectivity index (χ1v) is 11.1. The van der Waals surface area contributed by atoms with Crippen LogP contribution in [0.4, 0.5) is 0 Å². The molecule has 0 aromatic rings. The zero-order valence-electron chi connectivity index (χ0n) is 16.3. The smallest absolute Gasteiger partial charge is 0.156 e. The van der Waals surface area contributed by atoms with Crippen LogP contribution in [-0.2, 0) is 0 Å². The van der Waals surface area contributed by atoms with E-state index < -0.39 is 0 Å². The molecule has 0 spiro atoms. The number of hydrogen-bond donors (Lipinski definition) is 3. The minimum absolute atomic E-state index is 0.981. The summed E-state index contributed by atoms with van der Waals surface area (Å²) in [4.78, 5) is 15.1. The summed E-state index contributed by atoms with van der Waals surface area (Å²) >= 11 is 5.28. The van der Waals surface area contributed by atoms with Gasteiger partial charge in [-0.1, -0.05) is 35.3 Å². The van der Waals surface area contributed by atoms with Crippen LogP contribution in [0.25, 0.3) is 0 Å². The van der Waals surface area contributed by atoms with Crippen LogP contribution in [-0.4, -0.2) is 99.6 Å². The Balaban J connectivity index is 4.38. The molecule has 25 heavy (non-hydrogen) atoms. The highest BCUT2D eigenvalue weighted by atomic mass is 32.2. The largest absolute Gasteiger partial charge is 0.368 e. The van der Waals surface area contributed by atoms with Gasteiger partial charge in [-0.15, -0.1) is 0 Å². The molecule has 0 amide bonds. The second-order valence-electron chi connectivity index (χ2n) is 4.72. The molecular weight excluding hydrogens is 374 g/mol. The second kappa shape index (κ2) is 16.9. The summed E-state index contributed by atoms with van der Waals surface area (Å²) in [5.41, 5.74) is 0. The standard InChI is InChI=1S/C15H33N7S3/c1-16-13(17-2)23-10-7-22(8-11-24-14(18-3)19-4)9-12-25-15(20-5)21-6/h7-12H2,1-6H3,(H,16,17)(H,18,19)(H,20,21). The third kappa shape index (κ3) is 12.4. The van der Waals surface area contributed by atoms with Crippen LogP contribution in [0.1, 0.15) is 0 Å². The van der Waals surface area contributed by atoms with E-state index in [1.165, 1.54) is 0 Å². The van der Waals surface area contributed by atoms with E-state index in [9.17, 15) is 0 Å². The molecule has 3 N–H and O–H groups in total. The summed E-state index contributed by atoms with van der Waals surface area (Å²) in [6.07, 6.45) is 0. The van der Waals surface area contributed by atoms with Crippen molar-refractivity contribution in [3.63, 3.8) is 0 Å². The van der Waals surface area contributed by atoms with Crippen molar-refractivity contribution in [3.05, 3.63) is 0 Å². The summed E-state index contributed by atoms with van der Waals surface area (Å²) < 4.78 is 0. The molecule has 0 saturated carbocycles. The van der Waals surface area contributed by atoms with Crippen molar-refractivity contribution in [1.29, 1.82) is 0 Å². The highest BCUT2D eigenvalue weighted by Crippen LogP contribution is 2.08. The molecule has 0 atom stereocenters. The quantitative estimate of drug-likeness (QED) is 0.390. The molecule has 0 bridgehead atoms. The Kier molecular flexibility index (Phi) is 16.5. The Bertz CT molecular complexity index is 366. The minimum atomic E-state index is 0.981. The fourth-order valence-corrected chi connectivity index (χ4v) is 4.34. The Labute approximate surface area is 165 Å². The fourth-order valence-electron chi connectivity index (χ4n) is 1.90. The van der Waals surface area contributed by atoms with Crippen molar-refractivity contribution >= 4 is 50.8 Å². The van der Waals surface area contributed by atoms with Gasteiger partial charge in [0.15, 0.2) is 15.5 Å². The third-order valence-electron chi connectivity index (χ3n) is 3.19. The van der Waals surface area contributed by atoms with Crippen LogP contribution < -0.4 is 16.0 Å². The summed E-state index contributed by atoms with van der Waals surface area (Å²) in [6, 6.07) is 0. The van der Waals surface area contributed by atoms with E-state index in [0.29, 0.717) is 0 Å². The van der Waals surface area contributed by atoms with Crippen LogP contribution >= 0.6 is 35.3 Å². The predicted octanol–water partition coefficient (Wildman–Crippen LogP) is 1.10. The topological polar surface area (TPSA) is 76.4 Å². The molecule has 0 fully saturated rings. The molecule has 0 aromatic carbocycles. The molecule has 0 radical (unpaired) electrons. The molecule has 0 aliphatic rings. The maximum absolute atomic E-state index is 4.21. The van der Waals surface area contributed by atoms with E-state index in [2.05, 4.69) is 35.8 Å². The Morgan fingerprint density at radius 1 is 0.640 bits per heavy atom. The Hall–Kier alpha value is -0.580. The van der Waals surface area contributed by atoms with Gasteiger partial charge in [0.25, 0.3) is 0 Å². The van der Waals surface area contributed by atoms with Crippen molar-refractivity contribution in [1.82, 2.24) is 20.9 Å². The van der Waals surface area contributed by atoms with Gasteiger partial charge in [0.1, 0.15) is 0 Å². The number of hydrogen-bond acceptors (Lipinski definition) is 7. The Morgan fingerprint density at radius 3 is 1.12 bits per heavy atom. The van der Waals surface area contributed by atoms with Gasteiger partial charge in [-0.05, 0) is 0 Å². The average Bonchev–Trinajstić information content (AvgIpc) is 2.65. The van der Waals surface area contributed by atoms with Crippen molar-refractivity contribution in [2.24, 2.45) is 15.0 Å². The summed E-state index contributed by atoms with van der Waals surface area (Å²) in [7, 11) is 11.2. The number of thioether (sulfide) groups is 3. The lowest BCUT2D eigenvalue weighted by molar-refractivity contribution is 0.329. The van der Waals surface area contributed by atoms with E-state index in [1.54, 1.807) is 35.3 Å². The summed E-state index contributed by atoms with van der Waals surface area (Å²) in [5, 5.41) is 12.3. The fraction of sp³-hybridized carbons (Fsp3) is 0.800. The molecule has 0 saturated heterocycles. The normalized spacial score (nSPS) is 13.3. The van der Waals surface area contributed by atoms with Crippen LogP contribution in [0, 0.1) is 0 Å². The lowest BCUT2D eigenvalue weighted by atomic mass is 10.5. The van der Waals surface area contributed by atoms with E-state index in [1.807, 2.05) is 42.3 Å². The van der Waals surface area contributed by atoms with Gasteiger partial charge in [-0.3, -0.25) is 15.0 Å². The number of nitrogens with one attached hydrogen (secondary N) is 3. The monoisotopic (exact) mass is 407 g/mol. The minimum Gasteiger partial charge on any atom is -0.368 e. The first-order chi connectivity index (χ1) is 12.1. The van der Waals surface area contributed by atoms with E-state index in [-0.39, 0.29) is 0 Å². The summed E-state index contributed by atoms with van der Waals surface area (Å²) in [5.74, 6) is 3.05. The SMILES string of the molecule is CN=C(NC)SCCN(CCSC(=NC)NC)CCSC(=NC)NC. The van der Waals surface area contributed by atoms with Crippen LogP contribution in [0.3, 0.4) is 0 Å². The number of aliphatic imine (C=N–C) groups is 3. The van der Waals surface area contributed by atoms with E-state index >= 15 is 0 Å². The zero-order chi connectivity index (χ0) is 18.9. The summed E-state index contributed by atoms with van der Waals surface area (Å²) in [6.45, 7) is 3.09. The lowest BCUT2D eigenvalue weighted by Gasteiger charge is -2.22. The lowest BCUT2D eigenvalue weighted by Crippen LogP contribution is -2.32. The van der Waals surface area contributed by atoms with Gasteiger partial charge >= 0.3 is 0 Å². The van der Waals surface area contributed by atoms with Crippen LogP contribution in [0.15, 0.2) is 15.0 Å². The van der Waals surface area contributed by atoms with Crippen molar-refractivity contribution in [2.45, 2.75) is 0 Å². The molecule has 0 aliphatic heterocycles. The maximum Gasteiger partial charge on any atom is 0.156 e. The molecule has 7 nitrogen and oxygen atoms in total. The Morgan fingerprint density at radius 2 is 0.920 bits per heavy atom. The van der Waals surface area contributed by atoms with Crippen molar-refractivity contribution in [2.75, 3.05) is 79.2 Å². The molecule has 0 heterocycles. The maximum atomic E-state index is 4.21. The molecule has 146 valence electrons.